The zero-order valence-corrected chi connectivity index (χ0v) is 11.6. The summed E-state index contributed by atoms with van der Waals surface area (Å²) in [5.74, 6) is 0.0200. The summed E-state index contributed by atoms with van der Waals surface area (Å²) in [6, 6.07) is 2.95. The van der Waals surface area contributed by atoms with E-state index in [-0.39, 0.29) is 11.9 Å². The Kier molecular flexibility index (Phi) is 3.63. The number of nitrogens with zero attached hydrogens (tertiary/aromatic N) is 3. The van der Waals surface area contributed by atoms with Gasteiger partial charge in [0.05, 0.1) is 6.07 Å². The Morgan fingerprint density at radius 1 is 1.50 bits per heavy atom. The molecule has 2 saturated heterocycles. The first kappa shape index (κ1) is 13.4. The van der Waals surface area contributed by atoms with Crippen LogP contribution >= 0.6 is 0 Å². The molecule has 2 heterocycles. The normalized spacial score (nSPS) is 31.6. The molecule has 0 bridgehead atoms. The van der Waals surface area contributed by atoms with E-state index in [1.165, 1.54) is 19.4 Å². The van der Waals surface area contributed by atoms with E-state index in [2.05, 4.69) is 17.9 Å². The molecule has 18 heavy (non-hydrogen) atoms. The lowest BCUT2D eigenvalue weighted by Crippen LogP contribution is -2.59. The van der Waals surface area contributed by atoms with Crippen LogP contribution in [-0.2, 0) is 4.79 Å². The third-order valence-corrected chi connectivity index (χ3v) is 4.62. The molecule has 0 N–H and O–H groups in total. The van der Waals surface area contributed by atoms with Crippen LogP contribution in [0, 0.1) is 16.7 Å². The second-order valence-electron chi connectivity index (χ2n) is 5.89. The highest BCUT2D eigenvalue weighted by molar-refractivity contribution is 5.85. The third kappa shape index (κ3) is 2.12. The van der Waals surface area contributed by atoms with E-state index in [1.54, 1.807) is 6.92 Å². The van der Waals surface area contributed by atoms with Crippen molar-refractivity contribution in [2.75, 3.05) is 19.6 Å². The van der Waals surface area contributed by atoms with Crippen molar-refractivity contribution in [3.63, 3.8) is 0 Å². The summed E-state index contributed by atoms with van der Waals surface area (Å²) in [6.07, 6.45) is 3.01. The zero-order chi connectivity index (χ0) is 13.3. The van der Waals surface area contributed by atoms with Gasteiger partial charge in [0.2, 0.25) is 5.91 Å². The van der Waals surface area contributed by atoms with E-state index in [0.29, 0.717) is 12.5 Å². The molecular formula is C14H23N3O. The van der Waals surface area contributed by atoms with E-state index < -0.39 is 5.41 Å². The quantitative estimate of drug-likeness (QED) is 0.747. The zero-order valence-electron chi connectivity index (χ0n) is 11.6. The van der Waals surface area contributed by atoms with Gasteiger partial charge in [-0.05, 0) is 39.7 Å². The highest BCUT2D eigenvalue weighted by Gasteiger charge is 2.42. The molecule has 100 valence electrons. The Morgan fingerprint density at radius 2 is 2.22 bits per heavy atom. The lowest BCUT2D eigenvalue weighted by molar-refractivity contribution is -0.144. The van der Waals surface area contributed by atoms with Gasteiger partial charge in [0, 0.05) is 25.2 Å². The van der Waals surface area contributed by atoms with Crippen LogP contribution in [0.15, 0.2) is 0 Å². The minimum atomic E-state index is -0.852. The van der Waals surface area contributed by atoms with Crippen molar-refractivity contribution >= 4 is 5.91 Å². The summed E-state index contributed by atoms with van der Waals surface area (Å²) >= 11 is 0. The van der Waals surface area contributed by atoms with Gasteiger partial charge in [-0.1, -0.05) is 6.92 Å². The number of rotatable bonds is 2. The van der Waals surface area contributed by atoms with Crippen LogP contribution in [0.25, 0.3) is 0 Å². The number of amides is 1. The van der Waals surface area contributed by atoms with Gasteiger partial charge in [-0.25, -0.2) is 0 Å². The first-order chi connectivity index (χ1) is 8.51. The molecule has 0 aromatic rings. The molecule has 2 fully saturated rings. The second-order valence-corrected chi connectivity index (χ2v) is 5.89. The molecule has 1 amide bonds. The molecule has 3 unspecified atom stereocenters. The van der Waals surface area contributed by atoms with Crippen molar-refractivity contribution in [1.82, 2.24) is 9.80 Å². The molecule has 4 heteroatoms. The van der Waals surface area contributed by atoms with E-state index in [9.17, 15) is 10.1 Å². The molecular weight excluding hydrogens is 226 g/mol. The monoisotopic (exact) mass is 249 g/mol. The molecule has 2 rings (SSSR count). The van der Waals surface area contributed by atoms with Gasteiger partial charge in [-0.15, -0.1) is 0 Å². The van der Waals surface area contributed by atoms with Crippen LogP contribution in [0.3, 0.4) is 0 Å². The van der Waals surface area contributed by atoms with E-state index >= 15 is 0 Å². The molecule has 0 spiro atoms. The number of piperazine rings is 1. The first-order valence-electron chi connectivity index (χ1n) is 6.98. The van der Waals surface area contributed by atoms with Crippen LogP contribution in [0.1, 0.15) is 40.0 Å². The predicted molar refractivity (Wildman–Crippen MR) is 69.8 cm³/mol. The third-order valence-electron chi connectivity index (χ3n) is 4.62. The average molecular weight is 249 g/mol. The van der Waals surface area contributed by atoms with E-state index in [4.69, 9.17) is 0 Å². The predicted octanol–water partition coefficient (Wildman–Crippen LogP) is 1.62. The van der Waals surface area contributed by atoms with Gasteiger partial charge >= 0.3 is 0 Å². The lowest BCUT2D eigenvalue weighted by atomic mass is 9.86. The van der Waals surface area contributed by atoms with Gasteiger partial charge in [0.25, 0.3) is 0 Å². The molecule has 0 saturated carbocycles. The second kappa shape index (κ2) is 4.89. The SMILES string of the molecule is CCC(C)(C#N)C(=O)N1CC2CCCN2CC1C. The smallest absolute Gasteiger partial charge is 0.243 e. The Labute approximate surface area is 110 Å². The number of nitriles is 1. The van der Waals surface area contributed by atoms with Crippen molar-refractivity contribution in [1.29, 1.82) is 5.26 Å². The highest BCUT2D eigenvalue weighted by atomic mass is 16.2. The van der Waals surface area contributed by atoms with Crippen LogP contribution in [-0.4, -0.2) is 47.4 Å². The fourth-order valence-electron chi connectivity index (χ4n) is 3.07. The lowest BCUT2D eigenvalue weighted by Gasteiger charge is -2.44. The molecule has 3 atom stereocenters. The van der Waals surface area contributed by atoms with Gasteiger partial charge in [0.1, 0.15) is 5.41 Å². The summed E-state index contributed by atoms with van der Waals surface area (Å²) in [5, 5.41) is 9.25. The minimum Gasteiger partial charge on any atom is -0.336 e. The molecule has 0 radical (unpaired) electrons. The van der Waals surface area contributed by atoms with Crippen LogP contribution in [0.5, 0.6) is 0 Å². The van der Waals surface area contributed by atoms with E-state index in [1.807, 2.05) is 11.8 Å². The fourth-order valence-corrected chi connectivity index (χ4v) is 3.07. The topological polar surface area (TPSA) is 47.3 Å². The van der Waals surface area contributed by atoms with Gasteiger partial charge in [-0.2, -0.15) is 5.26 Å². The fraction of sp³-hybridized carbons (Fsp3) is 0.857. The maximum Gasteiger partial charge on any atom is 0.243 e. The number of carbonyl (C=O) groups excluding carboxylic acids is 1. The summed E-state index contributed by atoms with van der Waals surface area (Å²) < 4.78 is 0. The number of hydrogen-bond acceptors (Lipinski definition) is 3. The first-order valence-corrected chi connectivity index (χ1v) is 6.98. The summed E-state index contributed by atoms with van der Waals surface area (Å²) in [7, 11) is 0. The number of carbonyl (C=O) groups is 1. The Bertz CT molecular complexity index is 376. The summed E-state index contributed by atoms with van der Waals surface area (Å²) in [5.41, 5.74) is -0.852. The van der Waals surface area contributed by atoms with Crippen LogP contribution in [0.2, 0.25) is 0 Å². The van der Waals surface area contributed by atoms with Crippen molar-refractivity contribution in [3.8, 4) is 6.07 Å². The van der Waals surface area contributed by atoms with Crippen LogP contribution in [0.4, 0.5) is 0 Å². The maximum absolute atomic E-state index is 12.6. The largest absolute Gasteiger partial charge is 0.336 e. The Morgan fingerprint density at radius 3 is 2.83 bits per heavy atom. The van der Waals surface area contributed by atoms with Crippen molar-refractivity contribution < 1.29 is 4.79 Å². The van der Waals surface area contributed by atoms with Crippen molar-refractivity contribution in [2.45, 2.75) is 52.1 Å². The van der Waals surface area contributed by atoms with Gasteiger partial charge in [-0.3, -0.25) is 9.69 Å². The molecule has 2 aliphatic heterocycles. The van der Waals surface area contributed by atoms with Crippen molar-refractivity contribution in [3.05, 3.63) is 0 Å². The number of fused-ring (bicyclic) bond motifs is 1. The molecule has 0 aromatic heterocycles. The molecule has 4 nitrogen and oxygen atoms in total. The highest BCUT2D eigenvalue weighted by Crippen LogP contribution is 2.30. The standard InChI is InChI=1S/C14H23N3O/c1-4-14(3,10-15)13(18)17-9-12-6-5-7-16(12)8-11(17)2/h11-12H,4-9H2,1-3H3. The number of hydrogen-bond donors (Lipinski definition) is 0. The Balaban J connectivity index is 2.13. The van der Waals surface area contributed by atoms with Crippen LogP contribution < -0.4 is 0 Å². The maximum atomic E-state index is 12.6. The van der Waals surface area contributed by atoms with Gasteiger partial charge < -0.3 is 4.90 Å². The molecule has 0 aliphatic carbocycles. The summed E-state index contributed by atoms with van der Waals surface area (Å²) in [4.78, 5) is 17.0. The Hall–Kier alpha value is -1.08. The minimum absolute atomic E-state index is 0.0200. The van der Waals surface area contributed by atoms with Crippen molar-refractivity contribution in [2.24, 2.45) is 5.41 Å². The van der Waals surface area contributed by atoms with E-state index in [0.717, 1.165) is 13.1 Å². The molecule has 2 aliphatic rings. The van der Waals surface area contributed by atoms with Gasteiger partial charge in [0.15, 0.2) is 0 Å². The summed E-state index contributed by atoms with van der Waals surface area (Å²) in [6.45, 7) is 8.71. The molecule has 0 aromatic carbocycles. The average Bonchev–Trinajstić information content (AvgIpc) is 2.83.